The molecule has 1 unspecified atom stereocenters. The Morgan fingerprint density at radius 1 is 1.50 bits per heavy atom. The summed E-state index contributed by atoms with van der Waals surface area (Å²) in [6, 6.07) is 5.11. The van der Waals surface area contributed by atoms with Crippen molar-refractivity contribution in [2.45, 2.75) is 25.1 Å². The molecule has 1 aromatic carbocycles. The van der Waals surface area contributed by atoms with Crippen LogP contribution in [0.25, 0.3) is 0 Å². The highest BCUT2D eigenvalue weighted by Crippen LogP contribution is 2.21. The molecule has 0 aromatic heterocycles. The maximum absolute atomic E-state index is 9.59. The second kappa shape index (κ2) is 7.05. The number of hydrogen-bond acceptors (Lipinski definition) is 3. The highest BCUT2D eigenvalue weighted by Gasteiger charge is 2.02. The molecule has 0 amide bonds. The minimum Gasteiger partial charge on any atom is -0.508 e. The maximum Gasteiger partial charge on any atom is 0.120 e. The number of nitrogens with one attached hydrogen (secondary N) is 1. The number of thioether (sulfide) groups is 1. The molecule has 0 bridgehead atoms. The number of phenols is 1. The zero-order valence-electron chi connectivity index (χ0n) is 9.66. The molecule has 16 heavy (non-hydrogen) atoms. The first kappa shape index (κ1) is 13.7. The average Bonchev–Trinajstić information content (AvgIpc) is 2.28. The third-order valence-corrected chi connectivity index (χ3v) is 3.76. The topological polar surface area (TPSA) is 32.3 Å². The van der Waals surface area contributed by atoms with E-state index in [9.17, 15) is 5.11 Å². The van der Waals surface area contributed by atoms with Gasteiger partial charge in [-0.2, -0.15) is 11.8 Å². The molecule has 1 atom stereocenters. The Bertz CT molecular complexity index is 333. The van der Waals surface area contributed by atoms with Crippen LogP contribution in [0, 0.1) is 0 Å². The number of halogens is 1. The van der Waals surface area contributed by atoms with Gasteiger partial charge in [0.25, 0.3) is 0 Å². The van der Waals surface area contributed by atoms with Crippen LogP contribution >= 0.6 is 23.4 Å². The molecule has 0 heterocycles. The summed E-state index contributed by atoms with van der Waals surface area (Å²) >= 11 is 7.73. The van der Waals surface area contributed by atoms with E-state index in [-0.39, 0.29) is 0 Å². The van der Waals surface area contributed by atoms with Crippen molar-refractivity contribution in [1.82, 2.24) is 5.32 Å². The van der Waals surface area contributed by atoms with Crippen LogP contribution in [0.3, 0.4) is 0 Å². The minimum atomic E-state index is 0.301. The van der Waals surface area contributed by atoms with Crippen molar-refractivity contribution in [3.63, 3.8) is 0 Å². The lowest BCUT2D eigenvalue weighted by Crippen LogP contribution is -2.17. The Hall–Kier alpha value is -0.380. The summed E-state index contributed by atoms with van der Waals surface area (Å²) in [7, 11) is 0. The molecule has 0 saturated carbocycles. The molecule has 4 heteroatoms. The van der Waals surface area contributed by atoms with Crippen LogP contribution in [0.2, 0.25) is 5.02 Å². The molecule has 2 nitrogen and oxygen atoms in total. The van der Waals surface area contributed by atoms with E-state index in [1.165, 1.54) is 0 Å². The highest BCUT2D eigenvalue weighted by molar-refractivity contribution is 7.99. The van der Waals surface area contributed by atoms with Crippen molar-refractivity contribution in [3.05, 3.63) is 28.8 Å². The maximum atomic E-state index is 9.59. The zero-order valence-corrected chi connectivity index (χ0v) is 11.2. The third-order valence-electron chi connectivity index (χ3n) is 2.49. The Morgan fingerprint density at radius 2 is 2.25 bits per heavy atom. The molecule has 90 valence electrons. The third kappa shape index (κ3) is 4.64. The SMILES string of the molecule is CSC(C)CCNCc1cc(Cl)ccc1O. The van der Waals surface area contributed by atoms with Crippen molar-refractivity contribution >= 4 is 23.4 Å². The average molecular weight is 260 g/mol. The Balaban J connectivity index is 2.34. The second-order valence-electron chi connectivity index (χ2n) is 3.78. The quantitative estimate of drug-likeness (QED) is 0.769. The molecular formula is C12H18ClNOS. The molecule has 0 aliphatic carbocycles. The van der Waals surface area contributed by atoms with Gasteiger partial charge >= 0.3 is 0 Å². The van der Waals surface area contributed by atoms with E-state index in [0.29, 0.717) is 22.6 Å². The summed E-state index contributed by atoms with van der Waals surface area (Å²) in [5.74, 6) is 0.301. The molecule has 0 saturated heterocycles. The van der Waals surface area contributed by atoms with Crippen LogP contribution in [-0.4, -0.2) is 23.2 Å². The Kier molecular flexibility index (Phi) is 6.03. The monoisotopic (exact) mass is 259 g/mol. The first-order valence-electron chi connectivity index (χ1n) is 5.34. The lowest BCUT2D eigenvalue weighted by Gasteiger charge is -2.10. The fraction of sp³-hybridized carbons (Fsp3) is 0.500. The fourth-order valence-electron chi connectivity index (χ4n) is 1.34. The number of benzene rings is 1. The van der Waals surface area contributed by atoms with Gasteiger partial charge in [-0.05, 0) is 37.4 Å². The first-order valence-corrected chi connectivity index (χ1v) is 7.01. The predicted molar refractivity (Wildman–Crippen MR) is 72.4 cm³/mol. The van der Waals surface area contributed by atoms with E-state index in [2.05, 4.69) is 18.5 Å². The van der Waals surface area contributed by atoms with E-state index >= 15 is 0 Å². The van der Waals surface area contributed by atoms with Gasteiger partial charge < -0.3 is 10.4 Å². The van der Waals surface area contributed by atoms with Crippen molar-refractivity contribution in [3.8, 4) is 5.75 Å². The van der Waals surface area contributed by atoms with E-state index in [4.69, 9.17) is 11.6 Å². The molecule has 2 N–H and O–H groups in total. The largest absolute Gasteiger partial charge is 0.508 e. The van der Waals surface area contributed by atoms with E-state index < -0.39 is 0 Å². The van der Waals surface area contributed by atoms with Crippen LogP contribution < -0.4 is 5.32 Å². The van der Waals surface area contributed by atoms with Crippen molar-refractivity contribution in [2.75, 3.05) is 12.8 Å². The number of hydrogen-bond donors (Lipinski definition) is 2. The molecule has 0 spiro atoms. The number of rotatable bonds is 6. The first-order chi connectivity index (χ1) is 7.63. The summed E-state index contributed by atoms with van der Waals surface area (Å²) < 4.78 is 0. The molecular weight excluding hydrogens is 242 g/mol. The molecule has 0 aliphatic heterocycles. The molecule has 1 aromatic rings. The van der Waals surface area contributed by atoms with E-state index in [1.54, 1.807) is 18.2 Å². The van der Waals surface area contributed by atoms with Gasteiger partial charge in [0, 0.05) is 22.4 Å². The van der Waals surface area contributed by atoms with Crippen molar-refractivity contribution in [2.24, 2.45) is 0 Å². The van der Waals surface area contributed by atoms with Crippen molar-refractivity contribution < 1.29 is 5.11 Å². The summed E-state index contributed by atoms with van der Waals surface area (Å²) in [5.41, 5.74) is 0.851. The lowest BCUT2D eigenvalue weighted by molar-refractivity contribution is 0.464. The standard InChI is InChI=1S/C12H18ClNOS/c1-9(16-2)5-6-14-8-10-7-11(13)3-4-12(10)15/h3-4,7,9,14-15H,5-6,8H2,1-2H3. The highest BCUT2D eigenvalue weighted by atomic mass is 35.5. The molecule has 0 aliphatic rings. The summed E-state index contributed by atoms with van der Waals surface area (Å²) in [5, 5.41) is 14.2. The fourth-order valence-corrected chi connectivity index (χ4v) is 1.89. The number of phenolic OH excluding ortho intramolecular Hbond substituents is 1. The van der Waals surface area contributed by atoms with Gasteiger partial charge in [-0.1, -0.05) is 18.5 Å². The van der Waals surface area contributed by atoms with E-state index in [1.807, 2.05) is 11.8 Å². The van der Waals surface area contributed by atoms with Gasteiger partial charge in [-0.3, -0.25) is 0 Å². The zero-order chi connectivity index (χ0) is 12.0. The van der Waals surface area contributed by atoms with Crippen molar-refractivity contribution in [1.29, 1.82) is 0 Å². The van der Waals surface area contributed by atoms with Gasteiger partial charge in [0.05, 0.1) is 0 Å². The Morgan fingerprint density at radius 3 is 2.94 bits per heavy atom. The van der Waals surface area contributed by atoms with Crippen LogP contribution in [0.15, 0.2) is 18.2 Å². The summed E-state index contributed by atoms with van der Waals surface area (Å²) in [6.45, 7) is 3.82. The molecule has 0 fully saturated rings. The van der Waals surface area contributed by atoms with Crippen LogP contribution in [-0.2, 0) is 6.54 Å². The minimum absolute atomic E-state index is 0.301. The summed E-state index contributed by atoms with van der Waals surface area (Å²) in [6.07, 6.45) is 3.25. The van der Waals surface area contributed by atoms with Gasteiger partial charge in [-0.15, -0.1) is 0 Å². The van der Waals surface area contributed by atoms with Gasteiger partial charge in [0.2, 0.25) is 0 Å². The second-order valence-corrected chi connectivity index (χ2v) is 5.50. The lowest BCUT2D eigenvalue weighted by atomic mass is 10.2. The predicted octanol–water partition coefficient (Wildman–Crippen LogP) is 3.28. The smallest absolute Gasteiger partial charge is 0.120 e. The van der Waals surface area contributed by atoms with Crippen LogP contribution in [0.1, 0.15) is 18.9 Å². The van der Waals surface area contributed by atoms with Crippen LogP contribution in [0.5, 0.6) is 5.75 Å². The van der Waals surface area contributed by atoms with Gasteiger partial charge in [0.15, 0.2) is 0 Å². The normalized spacial score (nSPS) is 12.7. The number of aromatic hydroxyl groups is 1. The van der Waals surface area contributed by atoms with Gasteiger partial charge in [-0.25, -0.2) is 0 Å². The van der Waals surface area contributed by atoms with Crippen LogP contribution in [0.4, 0.5) is 0 Å². The summed E-state index contributed by atoms with van der Waals surface area (Å²) in [4.78, 5) is 0. The van der Waals surface area contributed by atoms with Gasteiger partial charge in [0.1, 0.15) is 5.75 Å². The Labute approximate surface area is 106 Å². The van der Waals surface area contributed by atoms with E-state index in [0.717, 1.165) is 18.5 Å². The molecule has 1 rings (SSSR count). The molecule has 0 radical (unpaired) electrons.